The third-order valence-electron chi connectivity index (χ3n) is 1.90. The van der Waals surface area contributed by atoms with Crippen molar-refractivity contribution in [3.63, 3.8) is 0 Å². The van der Waals surface area contributed by atoms with Crippen LogP contribution in [0.2, 0.25) is 0 Å². The van der Waals surface area contributed by atoms with E-state index in [-0.39, 0.29) is 24.4 Å². The molecule has 0 saturated heterocycles. The predicted octanol–water partition coefficient (Wildman–Crippen LogP) is 1.01. The van der Waals surface area contributed by atoms with Gasteiger partial charge in [-0.05, 0) is 12.1 Å². The highest BCUT2D eigenvalue weighted by Gasteiger charge is 2.31. The lowest BCUT2D eigenvalue weighted by molar-refractivity contribution is -0.274. The van der Waals surface area contributed by atoms with Crippen molar-refractivity contribution >= 4 is 5.91 Å². The topological polar surface area (TPSA) is 64.4 Å². The summed E-state index contributed by atoms with van der Waals surface area (Å²) in [6, 6.07) is 5.49. The molecule has 1 aromatic rings. The molecule has 3 N–H and O–H groups in total. The van der Waals surface area contributed by atoms with Crippen molar-refractivity contribution in [1.29, 1.82) is 0 Å². The van der Waals surface area contributed by atoms with Crippen molar-refractivity contribution in [3.05, 3.63) is 29.8 Å². The minimum Gasteiger partial charge on any atom is -0.404 e. The van der Waals surface area contributed by atoms with E-state index < -0.39 is 12.3 Å². The Labute approximate surface area is 107 Å². The molecular weight excluding hydrogens is 261 g/mol. The van der Waals surface area contributed by atoms with E-state index in [1.807, 2.05) is 0 Å². The lowest BCUT2D eigenvalue weighted by Crippen LogP contribution is -2.30. The standard InChI is InChI=1S/C12H11F3N2O2/c13-12(14,15)19-10-6-2-1-4-9(10)5-3-7-17-11(18)8-16/h1-2,4,6H,7-8,16H2,(H,17,18). The number of carbonyl (C=O) groups excluding carboxylic acids is 1. The summed E-state index contributed by atoms with van der Waals surface area (Å²) >= 11 is 0. The van der Waals surface area contributed by atoms with E-state index in [1.165, 1.54) is 18.2 Å². The Morgan fingerprint density at radius 3 is 2.68 bits per heavy atom. The maximum atomic E-state index is 12.1. The van der Waals surface area contributed by atoms with Crippen LogP contribution in [0.1, 0.15) is 5.56 Å². The quantitative estimate of drug-likeness (QED) is 0.807. The van der Waals surface area contributed by atoms with Gasteiger partial charge in [0.1, 0.15) is 5.75 Å². The Morgan fingerprint density at radius 2 is 2.05 bits per heavy atom. The number of ether oxygens (including phenoxy) is 1. The molecule has 0 aliphatic carbocycles. The largest absolute Gasteiger partial charge is 0.573 e. The van der Waals surface area contributed by atoms with Gasteiger partial charge in [-0.2, -0.15) is 0 Å². The van der Waals surface area contributed by atoms with Gasteiger partial charge in [0.25, 0.3) is 0 Å². The summed E-state index contributed by atoms with van der Waals surface area (Å²) in [5.74, 6) is 4.22. The van der Waals surface area contributed by atoms with Crippen LogP contribution in [0.5, 0.6) is 5.75 Å². The van der Waals surface area contributed by atoms with Gasteiger partial charge in [0.2, 0.25) is 5.91 Å². The second-order valence-electron chi connectivity index (χ2n) is 3.33. The van der Waals surface area contributed by atoms with Crippen LogP contribution < -0.4 is 15.8 Å². The summed E-state index contributed by atoms with van der Waals surface area (Å²) in [7, 11) is 0. The number of benzene rings is 1. The number of nitrogens with one attached hydrogen (secondary N) is 1. The number of alkyl halides is 3. The van der Waals surface area contributed by atoms with E-state index >= 15 is 0 Å². The zero-order valence-electron chi connectivity index (χ0n) is 9.75. The number of para-hydroxylation sites is 1. The van der Waals surface area contributed by atoms with Gasteiger partial charge in [0.05, 0.1) is 18.7 Å². The van der Waals surface area contributed by atoms with Crippen molar-refractivity contribution in [2.75, 3.05) is 13.1 Å². The molecule has 1 amide bonds. The molecule has 0 fully saturated rings. The molecule has 4 nitrogen and oxygen atoms in total. The van der Waals surface area contributed by atoms with E-state index in [4.69, 9.17) is 5.73 Å². The van der Waals surface area contributed by atoms with Gasteiger partial charge in [-0.1, -0.05) is 24.0 Å². The van der Waals surface area contributed by atoms with E-state index in [1.54, 1.807) is 0 Å². The van der Waals surface area contributed by atoms with Crippen LogP contribution in [0.4, 0.5) is 13.2 Å². The van der Waals surface area contributed by atoms with Crippen molar-refractivity contribution in [2.24, 2.45) is 5.73 Å². The molecular formula is C12H11F3N2O2. The summed E-state index contributed by atoms with van der Waals surface area (Å²) in [4.78, 5) is 10.8. The van der Waals surface area contributed by atoms with Crippen molar-refractivity contribution in [3.8, 4) is 17.6 Å². The summed E-state index contributed by atoms with van der Waals surface area (Å²) in [5.41, 5.74) is 5.14. The van der Waals surface area contributed by atoms with Crippen LogP contribution >= 0.6 is 0 Å². The number of rotatable bonds is 3. The molecule has 0 radical (unpaired) electrons. The number of nitrogens with two attached hydrogens (primary N) is 1. The fraction of sp³-hybridized carbons (Fsp3) is 0.250. The van der Waals surface area contributed by atoms with Crippen molar-refractivity contribution < 1.29 is 22.7 Å². The molecule has 19 heavy (non-hydrogen) atoms. The second kappa shape index (κ2) is 6.66. The molecule has 0 saturated carbocycles. The molecule has 0 atom stereocenters. The number of amides is 1. The Hall–Kier alpha value is -2.20. The molecule has 0 aromatic heterocycles. The molecule has 0 heterocycles. The van der Waals surface area contributed by atoms with Crippen LogP contribution in [0, 0.1) is 11.8 Å². The summed E-state index contributed by atoms with van der Waals surface area (Å²) in [6.45, 7) is -0.175. The van der Waals surface area contributed by atoms with E-state index in [0.717, 1.165) is 6.07 Å². The van der Waals surface area contributed by atoms with Crippen LogP contribution in [0.25, 0.3) is 0 Å². The molecule has 0 aliphatic heterocycles. The SMILES string of the molecule is NCC(=O)NCC#Cc1ccccc1OC(F)(F)F. The molecule has 0 spiro atoms. The maximum Gasteiger partial charge on any atom is 0.573 e. The summed E-state index contributed by atoms with van der Waals surface area (Å²) < 4.78 is 40.2. The Morgan fingerprint density at radius 1 is 1.37 bits per heavy atom. The predicted molar refractivity (Wildman–Crippen MR) is 62.1 cm³/mol. The Bertz CT molecular complexity index is 504. The Balaban J connectivity index is 2.73. The van der Waals surface area contributed by atoms with Crippen LogP contribution in [-0.4, -0.2) is 25.4 Å². The second-order valence-corrected chi connectivity index (χ2v) is 3.33. The first kappa shape index (κ1) is 14.9. The normalized spacial score (nSPS) is 10.3. The molecule has 7 heteroatoms. The van der Waals surface area contributed by atoms with Crippen LogP contribution in [0.3, 0.4) is 0 Å². The van der Waals surface area contributed by atoms with Crippen molar-refractivity contribution in [2.45, 2.75) is 6.36 Å². The molecule has 102 valence electrons. The van der Waals surface area contributed by atoms with Gasteiger partial charge in [0.15, 0.2) is 0 Å². The third-order valence-corrected chi connectivity index (χ3v) is 1.90. The fourth-order valence-corrected chi connectivity index (χ4v) is 1.14. The van der Waals surface area contributed by atoms with Crippen LogP contribution in [0.15, 0.2) is 24.3 Å². The zero-order valence-corrected chi connectivity index (χ0v) is 9.75. The number of hydrogen-bond acceptors (Lipinski definition) is 3. The highest BCUT2D eigenvalue weighted by Crippen LogP contribution is 2.25. The Kier molecular flexibility index (Phi) is 5.21. The fourth-order valence-electron chi connectivity index (χ4n) is 1.14. The number of halogens is 3. The highest BCUT2D eigenvalue weighted by atomic mass is 19.4. The monoisotopic (exact) mass is 272 g/mol. The minimum atomic E-state index is -4.77. The van der Waals surface area contributed by atoms with E-state index in [0.29, 0.717) is 0 Å². The van der Waals surface area contributed by atoms with E-state index in [2.05, 4.69) is 21.9 Å². The smallest absolute Gasteiger partial charge is 0.404 e. The molecule has 0 aliphatic rings. The van der Waals surface area contributed by atoms with Gasteiger partial charge < -0.3 is 15.8 Å². The van der Waals surface area contributed by atoms with Gasteiger partial charge in [-0.25, -0.2) is 0 Å². The number of hydrogen-bond donors (Lipinski definition) is 2. The average Bonchev–Trinajstić information content (AvgIpc) is 2.34. The van der Waals surface area contributed by atoms with Gasteiger partial charge in [-0.3, -0.25) is 4.79 Å². The molecule has 1 rings (SSSR count). The van der Waals surface area contributed by atoms with Gasteiger partial charge in [0, 0.05) is 0 Å². The van der Waals surface area contributed by atoms with Crippen molar-refractivity contribution in [1.82, 2.24) is 5.32 Å². The summed E-state index contributed by atoms with van der Waals surface area (Å²) in [5, 5.41) is 2.37. The molecule has 1 aromatic carbocycles. The number of carbonyl (C=O) groups is 1. The molecule has 0 bridgehead atoms. The lowest BCUT2D eigenvalue weighted by atomic mass is 10.2. The maximum absolute atomic E-state index is 12.1. The first-order chi connectivity index (χ1) is 8.92. The average molecular weight is 272 g/mol. The first-order valence-electron chi connectivity index (χ1n) is 5.23. The zero-order chi connectivity index (χ0) is 14.3. The third kappa shape index (κ3) is 5.79. The summed E-state index contributed by atoms with van der Waals surface area (Å²) in [6.07, 6.45) is -4.77. The first-order valence-corrected chi connectivity index (χ1v) is 5.23. The highest BCUT2D eigenvalue weighted by molar-refractivity contribution is 5.77. The molecule has 0 unspecified atom stereocenters. The van der Waals surface area contributed by atoms with E-state index in [9.17, 15) is 18.0 Å². The minimum absolute atomic E-state index is 0.00359. The lowest BCUT2D eigenvalue weighted by Gasteiger charge is -2.09. The van der Waals surface area contributed by atoms with Crippen LogP contribution in [-0.2, 0) is 4.79 Å². The van der Waals surface area contributed by atoms with Gasteiger partial charge >= 0.3 is 6.36 Å². The van der Waals surface area contributed by atoms with Gasteiger partial charge in [-0.15, -0.1) is 13.2 Å².